The summed E-state index contributed by atoms with van der Waals surface area (Å²) in [5.74, 6) is 0.243. The molecular formula is C5H9O3. The van der Waals surface area contributed by atoms with Gasteiger partial charge in [0.1, 0.15) is 0 Å². The van der Waals surface area contributed by atoms with Gasteiger partial charge in [0, 0.05) is 0 Å². The SMILES string of the molecule is CC(C)COC([O])=O. The number of hydrogen-bond donors (Lipinski definition) is 0. The molecule has 0 saturated heterocycles. The highest BCUT2D eigenvalue weighted by Gasteiger charge is 1.99. The molecule has 0 rings (SSSR count). The maximum atomic E-state index is 9.57. The van der Waals surface area contributed by atoms with Gasteiger partial charge in [-0.2, -0.15) is 9.90 Å². The molecule has 0 heterocycles. The van der Waals surface area contributed by atoms with Crippen LogP contribution >= 0.6 is 0 Å². The third kappa shape index (κ3) is 5.27. The van der Waals surface area contributed by atoms with Crippen LogP contribution in [0.25, 0.3) is 0 Å². The number of carbonyl (C=O) groups excluding carboxylic acids is 1. The Kier molecular flexibility index (Phi) is 2.99. The summed E-state index contributed by atoms with van der Waals surface area (Å²) >= 11 is 0. The second-order valence-electron chi connectivity index (χ2n) is 1.95. The van der Waals surface area contributed by atoms with E-state index >= 15 is 0 Å². The minimum absolute atomic E-state index is 0.225. The first-order valence-electron chi connectivity index (χ1n) is 2.46. The van der Waals surface area contributed by atoms with Crippen molar-refractivity contribution in [3.63, 3.8) is 0 Å². The van der Waals surface area contributed by atoms with Crippen LogP contribution in [-0.4, -0.2) is 12.8 Å². The molecule has 0 aliphatic carbocycles. The fourth-order valence-electron chi connectivity index (χ4n) is 0.235. The van der Waals surface area contributed by atoms with Gasteiger partial charge in [0.15, 0.2) is 0 Å². The molecule has 0 spiro atoms. The van der Waals surface area contributed by atoms with E-state index in [-0.39, 0.29) is 12.5 Å². The smallest absolute Gasteiger partial charge is 0.431 e. The van der Waals surface area contributed by atoms with Crippen LogP contribution in [0.15, 0.2) is 0 Å². The quantitative estimate of drug-likeness (QED) is 0.510. The van der Waals surface area contributed by atoms with Gasteiger partial charge < -0.3 is 4.74 Å². The maximum absolute atomic E-state index is 9.57. The molecule has 0 atom stereocenters. The molecule has 3 heteroatoms. The van der Waals surface area contributed by atoms with Crippen LogP contribution in [0.5, 0.6) is 0 Å². The zero-order chi connectivity index (χ0) is 6.57. The van der Waals surface area contributed by atoms with Gasteiger partial charge >= 0.3 is 6.16 Å². The second kappa shape index (κ2) is 3.29. The van der Waals surface area contributed by atoms with Crippen molar-refractivity contribution in [3.8, 4) is 0 Å². The van der Waals surface area contributed by atoms with E-state index in [0.717, 1.165) is 0 Å². The van der Waals surface area contributed by atoms with Crippen LogP contribution in [0, 0.1) is 5.92 Å². The van der Waals surface area contributed by atoms with Crippen molar-refractivity contribution in [2.45, 2.75) is 13.8 Å². The van der Waals surface area contributed by atoms with Crippen LogP contribution < -0.4 is 0 Å². The normalized spacial score (nSPS) is 9.38. The summed E-state index contributed by atoms with van der Waals surface area (Å²) in [6.45, 7) is 3.95. The van der Waals surface area contributed by atoms with Crippen molar-refractivity contribution in [1.29, 1.82) is 0 Å². The molecule has 8 heavy (non-hydrogen) atoms. The van der Waals surface area contributed by atoms with Gasteiger partial charge in [-0.3, -0.25) is 0 Å². The summed E-state index contributed by atoms with van der Waals surface area (Å²) in [5.41, 5.74) is 0. The molecule has 0 aromatic rings. The molecule has 0 aliphatic heterocycles. The monoisotopic (exact) mass is 117 g/mol. The third-order valence-electron chi connectivity index (χ3n) is 0.535. The Bertz CT molecular complexity index is 77.7. The number of ether oxygens (including phenoxy) is 1. The average Bonchev–Trinajstić information content (AvgIpc) is 1.61. The van der Waals surface area contributed by atoms with Gasteiger partial charge in [0.2, 0.25) is 0 Å². The van der Waals surface area contributed by atoms with E-state index in [1.54, 1.807) is 0 Å². The minimum Gasteiger partial charge on any atom is -0.431 e. The Morgan fingerprint density at radius 2 is 2.12 bits per heavy atom. The van der Waals surface area contributed by atoms with E-state index in [4.69, 9.17) is 0 Å². The van der Waals surface area contributed by atoms with Crippen molar-refractivity contribution in [2.24, 2.45) is 5.92 Å². The lowest BCUT2D eigenvalue weighted by Crippen LogP contribution is -2.05. The van der Waals surface area contributed by atoms with Crippen LogP contribution in [-0.2, 0) is 9.84 Å². The fraction of sp³-hybridized carbons (Fsp3) is 0.800. The Balaban J connectivity index is 3.05. The minimum atomic E-state index is -1.45. The zero-order valence-corrected chi connectivity index (χ0v) is 5.01. The van der Waals surface area contributed by atoms with Gasteiger partial charge in [-0.05, 0) is 5.92 Å². The second-order valence-corrected chi connectivity index (χ2v) is 1.95. The fourth-order valence-corrected chi connectivity index (χ4v) is 0.235. The van der Waals surface area contributed by atoms with Crippen molar-refractivity contribution >= 4 is 6.16 Å². The highest BCUT2D eigenvalue weighted by molar-refractivity contribution is 5.56. The van der Waals surface area contributed by atoms with Crippen molar-refractivity contribution in [3.05, 3.63) is 0 Å². The summed E-state index contributed by atoms with van der Waals surface area (Å²) in [6, 6.07) is 0. The molecule has 0 amide bonds. The molecule has 3 nitrogen and oxygen atoms in total. The Labute approximate surface area is 48.3 Å². The molecule has 0 aliphatic rings. The molecule has 0 unspecified atom stereocenters. The van der Waals surface area contributed by atoms with E-state index in [9.17, 15) is 9.90 Å². The zero-order valence-electron chi connectivity index (χ0n) is 5.01. The molecule has 0 N–H and O–H groups in total. The lowest BCUT2D eigenvalue weighted by atomic mass is 10.2. The summed E-state index contributed by atoms with van der Waals surface area (Å²) in [6.07, 6.45) is -1.45. The number of rotatable bonds is 2. The number of hydrogen-bond acceptors (Lipinski definition) is 2. The highest BCUT2D eigenvalue weighted by Crippen LogP contribution is 1.91. The van der Waals surface area contributed by atoms with Crippen LogP contribution in [0.4, 0.5) is 4.79 Å². The first-order valence-corrected chi connectivity index (χ1v) is 2.46. The van der Waals surface area contributed by atoms with Gasteiger partial charge in [0.25, 0.3) is 0 Å². The van der Waals surface area contributed by atoms with Crippen molar-refractivity contribution in [1.82, 2.24) is 0 Å². The molecule has 0 aromatic carbocycles. The first-order chi connectivity index (χ1) is 3.63. The van der Waals surface area contributed by atoms with Crippen molar-refractivity contribution in [2.75, 3.05) is 6.61 Å². The van der Waals surface area contributed by atoms with Crippen LogP contribution in [0.2, 0.25) is 0 Å². The Morgan fingerprint density at radius 3 is 2.25 bits per heavy atom. The Hall–Kier alpha value is -0.730. The maximum Gasteiger partial charge on any atom is 0.550 e. The highest BCUT2D eigenvalue weighted by atomic mass is 16.7. The summed E-state index contributed by atoms with van der Waals surface area (Å²) < 4.78 is 4.11. The summed E-state index contributed by atoms with van der Waals surface area (Å²) in [7, 11) is 0. The van der Waals surface area contributed by atoms with E-state index in [1.807, 2.05) is 13.8 Å². The third-order valence-corrected chi connectivity index (χ3v) is 0.535. The standard InChI is InChI=1S/C5H9O3/c1-4(2)3-8-5(6)7/h4H,3H2,1-2H3. The Morgan fingerprint density at radius 1 is 1.62 bits per heavy atom. The summed E-state index contributed by atoms with van der Waals surface area (Å²) in [5, 5.41) is 9.57. The topological polar surface area (TPSA) is 46.2 Å². The van der Waals surface area contributed by atoms with Gasteiger partial charge in [-0.1, -0.05) is 13.8 Å². The van der Waals surface area contributed by atoms with E-state index in [1.165, 1.54) is 0 Å². The van der Waals surface area contributed by atoms with E-state index < -0.39 is 6.16 Å². The predicted octanol–water partition coefficient (Wildman–Crippen LogP) is 1.21. The molecular weight excluding hydrogens is 108 g/mol. The molecule has 47 valence electrons. The van der Waals surface area contributed by atoms with E-state index in [2.05, 4.69) is 4.74 Å². The molecule has 0 aromatic heterocycles. The summed E-state index contributed by atoms with van der Waals surface area (Å²) in [4.78, 5) is 9.57. The molecule has 0 bridgehead atoms. The first kappa shape index (κ1) is 7.27. The molecule has 1 radical (unpaired) electrons. The van der Waals surface area contributed by atoms with Gasteiger partial charge in [-0.25, -0.2) is 0 Å². The van der Waals surface area contributed by atoms with Crippen LogP contribution in [0.3, 0.4) is 0 Å². The van der Waals surface area contributed by atoms with Gasteiger partial charge in [0.05, 0.1) is 6.61 Å². The largest absolute Gasteiger partial charge is 0.550 e. The lowest BCUT2D eigenvalue weighted by molar-refractivity contribution is 0.0590. The predicted molar refractivity (Wildman–Crippen MR) is 26.9 cm³/mol. The number of carbonyl (C=O) groups is 1. The molecule has 0 fully saturated rings. The van der Waals surface area contributed by atoms with Crippen molar-refractivity contribution < 1.29 is 14.6 Å². The lowest BCUT2D eigenvalue weighted by Gasteiger charge is -1.99. The van der Waals surface area contributed by atoms with Gasteiger partial charge in [-0.15, -0.1) is 0 Å². The van der Waals surface area contributed by atoms with E-state index in [0.29, 0.717) is 0 Å². The average molecular weight is 117 g/mol. The molecule has 0 saturated carbocycles. The van der Waals surface area contributed by atoms with Crippen LogP contribution in [0.1, 0.15) is 13.8 Å².